The van der Waals surface area contributed by atoms with Crippen LogP contribution in [0.2, 0.25) is 26.2 Å². The molecule has 2 rings (SSSR count). The molecule has 0 unspecified atom stereocenters. The quantitative estimate of drug-likeness (QED) is 0.517. The van der Waals surface area contributed by atoms with Crippen molar-refractivity contribution in [2.45, 2.75) is 45.2 Å². The minimum atomic E-state index is -1.89. The Morgan fingerprint density at radius 2 is 1.11 bits per heavy atom. The van der Waals surface area contributed by atoms with Gasteiger partial charge in [-0.15, -0.1) is 0 Å². The van der Waals surface area contributed by atoms with Crippen LogP contribution < -0.4 is 14.2 Å². The molecule has 0 aliphatic heterocycles. The molecule has 0 aromatic heterocycles. The molecule has 0 radical (unpaired) electrons. The van der Waals surface area contributed by atoms with Gasteiger partial charge in [0, 0.05) is 0 Å². The summed E-state index contributed by atoms with van der Waals surface area (Å²) in [6.07, 6.45) is 0. The van der Waals surface area contributed by atoms with Crippen molar-refractivity contribution >= 4 is 16.6 Å². The van der Waals surface area contributed by atoms with E-state index in [-0.39, 0.29) is 0 Å². The highest BCUT2D eigenvalue weighted by atomic mass is 28.4. The summed E-state index contributed by atoms with van der Waals surface area (Å²) in [6, 6.07) is 14.5. The lowest BCUT2D eigenvalue weighted by molar-refractivity contribution is 0.354. The third-order valence-corrected chi connectivity index (χ3v) is 11.7. The van der Waals surface area contributed by atoms with Gasteiger partial charge < -0.3 is 18.3 Å². The van der Waals surface area contributed by atoms with Crippen molar-refractivity contribution < 1.29 is 18.3 Å². The lowest BCUT2D eigenvalue weighted by Crippen LogP contribution is -2.47. The standard InChI is InChI=1S/C22H34O4Si2/c1-17-13-18(9-11-20(17)23-2)15-27(5,6)26-28(7,8)16-19-10-12-21(24-3)22(14-19)25-4/h9-14H,15-16H2,1-8H3. The molecular weight excluding hydrogens is 384 g/mol. The predicted molar refractivity (Wildman–Crippen MR) is 121 cm³/mol. The van der Waals surface area contributed by atoms with Crippen molar-refractivity contribution in [3.05, 3.63) is 53.1 Å². The van der Waals surface area contributed by atoms with Crippen molar-refractivity contribution in [2.75, 3.05) is 21.3 Å². The van der Waals surface area contributed by atoms with Crippen molar-refractivity contribution in [1.29, 1.82) is 0 Å². The van der Waals surface area contributed by atoms with E-state index in [2.05, 4.69) is 63.4 Å². The van der Waals surface area contributed by atoms with Crippen LogP contribution in [0.15, 0.2) is 36.4 Å². The van der Waals surface area contributed by atoms with E-state index in [1.54, 1.807) is 21.3 Å². The molecule has 0 saturated carbocycles. The lowest BCUT2D eigenvalue weighted by Gasteiger charge is -2.34. The summed E-state index contributed by atoms with van der Waals surface area (Å²) in [5, 5.41) is 0. The fourth-order valence-electron chi connectivity index (χ4n) is 3.84. The monoisotopic (exact) mass is 418 g/mol. The molecule has 0 aliphatic carbocycles. The maximum absolute atomic E-state index is 6.83. The highest BCUT2D eigenvalue weighted by Gasteiger charge is 2.33. The van der Waals surface area contributed by atoms with Gasteiger partial charge in [-0.1, -0.05) is 18.2 Å². The van der Waals surface area contributed by atoms with Crippen LogP contribution in [0.5, 0.6) is 17.2 Å². The van der Waals surface area contributed by atoms with Crippen LogP contribution in [0.3, 0.4) is 0 Å². The summed E-state index contributed by atoms with van der Waals surface area (Å²) in [4.78, 5) is 0. The number of hydrogen-bond acceptors (Lipinski definition) is 4. The molecule has 0 fully saturated rings. The zero-order valence-electron chi connectivity index (χ0n) is 18.5. The Balaban J connectivity index is 2.10. The fourth-order valence-corrected chi connectivity index (χ4v) is 12.8. The number of hydrogen-bond donors (Lipinski definition) is 0. The Morgan fingerprint density at radius 1 is 0.643 bits per heavy atom. The Labute approximate surface area is 172 Å². The Hall–Kier alpha value is -1.77. The van der Waals surface area contributed by atoms with Crippen molar-refractivity contribution in [1.82, 2.24) is 0 Å². The highest BCUT2D eigenvalue weighted by molar-refractivity contribution is 6.84. The third kappa shape index (κ3) is 6.12. The van der Waals surface area contributed by atoms with Gasteiger partial charge in [0.25, 0.3) is 0 Å². The van der Waals surface area contributed by atoms with Gasteiger partial charge >= 0.3 is 0 Å². The molecule has 2 aromatic carbocycles. The van der Waals surface area contributed by atoms with Gasteiger partial charge in [-0.3, -0.25) is 0 Å². The molecule has 0 spiro atoms. The fraction of sp³-hybridized carbons (Fsp3) is 0.455. The largest absolute Gasteiger partial charge is 0.496 e. The van der Waals surface area contributed by atoms with Crippen molar-refractivity contribution in [2.24, 2.45) is 0 Å². The molecule has 0 saturated heterocycles. The SMILES string of the molecule is COc1ccc(C[Si](C)(C)O[Si](C)(C)Cc2ccc(OC)c(OC)c2)cc1C. The molecule has 0 aliphatic rings. The topological polar surface area (TPSA) is 36.9 Å². The Bertz CT molecular complexity index is 803. The van der Waals surface area contributed by atoms with Crippen LogP contribution in [-0.4, -0.2) is 38.0 Å². The maximum atomic E-state index is 6.83. The number of ether oxygens (including phenoxy) is 3. The van der Waals surface area contributed by atoms with Crippen molar-refractivity contribution in [3.8, 4) is 17.2 Å². The number of rotatable bonds is 9. The maximum Gasteiger partial charge on any atom is 0.177 e. The first-order valence-corrected chi connectivity index (χ1v) is 15.9. The van der Waals surface area contributed by atoms with Gasteiger partial charge in [-0.2, -0.15) is 0 Å². The molecule has 0 bridgehead atoms. The molecule has 2 aromatic rings. The first-order valence-electron chi connectivity index (χ1n) is 9.64. The minimum Gasteiger partial charge on any atom is -0.496 e. The highest BCUT2D eigenvalue weighted by Crippen LogP contribution is 2.30. The second-order valence-corrected chi connectivity index (χ2v) is 17.0. The van der Waals surface area contributed by atoms with Crippen LogP contribution in [0.4, 0.5) is 0 Å². The zero-order valence-corrected chi connectivity index (χ0v) is 20.5. The van der Waals surface area contributed by atoms with Gasteiger partial charge in [0.2, 0.25) is 0 Å². The number of benzene rings is 2. The molecule has 0 atom stereocenters. The predicted octanol–water partition coefficient (Wildman–Crippen LogP) is 5.31. The number of methoxy groups -OCH3 is 3. The summed E-state index contributed by atoms with van der Waals surface area (Å²) < 4.78 is 23.0. The van der Waals surface area contributed by atoms with Gasteiger partial charge in [0.1, 0.15) is 5.75 Å². The second kappa shape index (κ2) is 9.15. The summed E-state index contributed by atoms with van der Waals surface area (Å²) in [6.45, 7) is 11.3. The van der Waals surface area contributed by atoms with Crippen molar-refractivity contribution in [3.63, 3.8) is 0 Å². The molecule has 6 heteroatoms. The third-order valence-electron chi connectivity index (χ3n) is 4.72. The van der Waals surface area contributed by atoms with E-state index in [0.29, 0.717) is 0 Å². The average molecular weight is 419 g/mol. The zero-order chi connectivity index (χ0) is 20.9. The first kappa shape index (κ1) is 22.5. The van der Waals surface area contributed by atoms with Gasteiger partial charge in [-0.05, 0) is 80.1 Å². The van der Waals surface area contributed by atoms with Crippen LogP contribution in [0.25, 0.3) is 0 Å². The van der Waals surface area contributed by atoms with E-state index >= 15 is 0 Å². The lowest BCUT2D eigenvalue weighted by atomic mass is 10.1. The minimum absolute atomic E-state index is 0.760. The van der Waals surface area contributed by atoms with Crippen LogP contribution in [-0.2, 0) is 16.2 Å². The molecule has 0 heterocycles. The molecule has 28 heavy (non-hydrogen) atoms. The summed E-state index contributed by atoms with van der Waals surface area (Å²) in [7, 11) is 1.30. The second-order valence-electron chi connectivity index (χ2n) is 8.47. The van der Waals surface area contributed by atoms with E-state index in [4.69, 9.17) is 18.3 Å². The molecule has 0 N–H and O–H groups in total. The summed E-state index contributed by atoms with van der Waals surface area (Å²) in [5.41, 5.74) is 3.73. The normalized spacial score (nSPS) is 12.0. The van der Waals surface area contributed by atoms with E-state index in [0.717, 1.165) is 29.3 Å². The average Bonchev–Trinajstić information content (AvgIpc) is 2.59. The Morgan fingerprint density at radius 3 is 1.57 bits per heavy atom. The van der Waals surface area contributed by atoms with Crippen LogP contribution in [0.1, 0.15) is 16.7 Å². The number of aryl methyl sites for hydroxylation is 1. The van der Waals surface area contributed by atoms with Crippen LogP contribution >= 0.6 is 0 Å². The van der Waals surface area contributed by atoms with Gasteiger partial charge in [-0.25, -0.2) is 0 Å². The van der Waals surface area contributed by atoms with Crippen LogP contribution in [0, 0.1) is 6.92 Å². The first-order chi connectivity index (χ1) is 13.1. The summed E-state index contributed by atoms with van der Waals surface area (Å²) in [5.74, 6) is 2.47. The Kier molecular flexibility index (Phi) is 7.36. The van der Waals surface area contributed by atoms with Gasteiger partial charge in [0.05, 0.1) is 21.3 Å². The molecule has 0 amide bonds. The van der Waals surface area contributed by atoms with E-state index in [9.17, 15) is 0 Å². The van der Waals surface area contributed by atoms with Gasteiger partial charge in [0.15, 0.2) is 28.1 Å². The smallest absolute Gasteiger partial charge is 0.177 e. The molecular formula is C22H34O4Si2. The summed E-state index contributed by atoms with van der Waals surface area (Å²) >= 11 is 0. The molecule has 154 valence electrons. The van der Waals surface area contributed by atoms with E-state index in [1.807, 2.05) is 6.07 Å². The van der Waals surface area contributed by atoms with E-state index in [1.165, 1.54) is 16.7 Å². The van der Waals surface area contributed by atoms with E-state index < -0.39 is 16.6 Å². The molecule has 4 nitrogen and oxygen atoms in total.